The van der Waals surface area contributed by atoms with Crippen molar-refractivity contribution in [2.45, 2.75) is 33.0 Å². The van der Waals surface area contributed by atoms with Gasteiger partial charge in [-0.2, -0.15) is 4.31 Å². The zero-order valence-electron chi connectivity index (χ0n) is 14.3. The maximum Gasteiger partial charge on any atom is 0.211 e. The molecule has 0 bridgehead atoms. The summed E-state index contributed by atoms with van der Waals surface area (Å²) in [6, 6.07) is 4.67. The van der Waals surface area contributed by atoms with Crippen molar-refractivity contribution in [1.82, 2.24) is 19.1 Å². The van der Waals surface area contributed by atoms with Gasteiger partial charge >= 0.3 is 0 Å². The van der Waals surface area contributed by atoms with Gasteiger partial charge in [-0.1, -0.05) is 17.7 Å². The first-order valence-corrected chi connectivity index (χ1v) is 9.88. The van der Waals surface area contributed by atoms with Crippen LogP contribution in [0.25, 0.3) is 0 Å². The van der Waals surface area contributed by atoms with Gasteiger partial charge in [0.2, 0.25) is 10.0 Å². The summed E-state index contributed by atoms with van der Waals surface area (Å²) in [6.45, 7) is 3.51. The maximum atomic E-state index is 14.1. The highest BCUT2D eigenvalue weighted by Crippen LogP contribution is 2.18. The van der Waals surface area contributed by atoms with E-state index in [1.165, 1.54) is 10.4 Å². The van der Waals surface area contributed by atoms with Crippen molar-refractivity contribution in [3.05, 3.63) is 46.8 Å². The summed E-state index contributed by atoms with van der Waals surface area (Å²) in [7, 11) is -3.55. The number of halogens is 1. The lowest BCUT2D eigenvalue weighted by Crippen LogP contribution is -2.31. The third kappa shape index (κ3) is 4.23. The van der Waals surface area contributed by atoms with Crippen LogP contribution in [0.15, 0.2) is 18.2 Å². The molecule has 9 heteroatoms. The third-order valence-corrected chi connectivity index (χ3v) is 5.36. The van der Waals surface area contributed by atoms with Crippen LogP contribution in [0.1, 0.15) is 22.8 Å². The molecule has 2 aromatic rings. The Labute approximate surface area is 146 Å². The first-order chi connectivity index (χ1) is 11.8. The van der Waals surface area contributed by atoms with Gasteiger partial charge in [0, 0.05) is 25.1 Å². The van der Waals surface area contributed by atoms with Crippen LogP contribution < -0.4 is 0 Å². The molecule has 136 valence electrons. The first-order valence-electron chi connectivity index (χ1n) is 8.03. The fourth-order valence-corrected chi connectivity index (χ4v) is 3.54. The number of ether oxygens (including phenoxy) is 1. The molecule has 0 spiro atoms. The summed E-state index contributed by atoms with van der Waals surface area (Å²) in [6.07, 6.45) is 1.75. The number of fused-ring (bicyclic) bond motifs is 1. The summed E-state index contributed by atoms with van der Waals surface area (Å²) in [5, 5.41) is 8.26. The molecule has 3 rings (SSSR count). The average Bonchev–Trinajstić information content (AvgIpc) is 2.77. The molecule has 1 aromatic carbocycles. The lowest BCUT2D eigenvalue weighted by Gasteiger charge is -2.20. The number of aromatic nitrogens is 3. The van der Waals surface area contributed by atoms with Crippen LogP contribution >= 0.6 is 0 Å². The second kappa shape index (κ2) is 7.19. The quantitative estimate of drug-likeness (QED) is 0.794. The van der Waals surface area contributed by atoms with Gasteiger partial charge in [-0.15, -0.1) is 10.2 Å². The molecule has 0 saturated carbocycles. The summed E-state index contributed by atoms with van der Waals surface area (Å²) in [5.41, 5.74) is 1.21. The molecule has 1 aromatic heterocycles. The van der Waals surface area contributed by atoms with E-state index in [1.807, 2.05) is 11.5 Å². The average molecular weight is 368 g/mol. The maximum absolute atomic E-state index is 14.1. The Morgan fingerprint density at radius 1 is 1.28 bits per heavy atom. The van der Waals surface area contributed by atoms with Gasteiger partial charge in [0.15, 0.2) is 0 Å². The second-order valence-electron chi connectivity index (χ2n) is 6.17. The minimum atomic E-state index is -3.55. The topological polar surface area (TPSA) is 77.3 Å². The number of nitrogens with zero attached hydrogens (tertiary/aromatic N) is 4. The fourth-order valence-electron chi connectivity index (χ4n) is 2.82. The molecule has 0 aliphatic carbocycles. The van der Waals surface area contributed by atoms with Crippen molar-refractivity contribution in [3.63, 3.8) is 0 Å². The Balaban J connectivity index is 1.88. The molecular weight excluding hydrogens is 347 g/mol. The number of benzene rings is 1. The van der Waals surface area contributed by atoms with E-state index < -0.39 is 15.8 Å². The Morgan fingerprint density at radius 2 is 2.08 bits per heavy atom. The molecule has 25 heavy (non-hydrogen) atoms. The van der Waals surface area contributed by atoms with Crippen LogP contribution in [0, 0.1) is 12.7 Å². The Hall–Kier alpha value is -1.84. The molecule has 1 aliphatic heterocycles. The highest BCUT2D eigenvalue weighted by molar-refractivity contribution is 7.88. The van der Waals surface area contributed by atoms with Crippen LogP contribution in [0.3, 0.4) is 0 Å². The van der Waals surface area contributed by atoms with Crippen molar-refractivity contribution in [2.75, 3.05) is 19.5 Å². The monoisotopic (exact) mass is 368 g/mol. The molecular formula is C16H21FN4O3S. The van der Waals surface area contributed by atoms with Gasteiger partial charge in [-0.05, 0) is 13.0 Å². The molecule has 0 unspecified atom stereocenters. The zero-order chi connectivity index (χ0) is 18.0. The van der Waals surface area contributed by atoms with Crippen molar-refractivity contribution in [1.29, 1.82) is 0 Å². The largest absolute Gasteiger partial charge is 0.379 e. The van der Waals surface area contributed by atoms with Crippen LogP contribution in [0.5, 0.6) is 0 Å². The smallest absolute Gasteiger partial charge is 0.211 e. The van der Waals surface area contributed by atoms with Gasteiger partial charge in [0.25, 0.3) is 0 Å². The number of sulfonamides is 1. The molecule has 0 amide bonds. The van der Waals surface area contributed by atoms with Crippen LogP contribution in [0.2, 0.25) is 0 Å². The minimum absolute atomic E-state index is 0.0409. The van der Waals surface area contributed by atoms with E-state index in [4.69, 9.17) is 4.74 Å². The minimum Gasteiger partial charge on any atom is -0.379 e. The van der Waals surface area contributed by atoms with Gasteiger partial charge in [0.05, 0.1) is 26.0 Å². The SMILES string of the molecule is Cc1ccc(F)c(CN(Cc2nnc3n2CCOCC3)S(C)(=O)=O)c1. The van der Waals surface area contributed by atoms with Crippen LogP contribution in [-0.2, 0) is 40.8 Å². The summed E-state index contributed by atoms with van der Waals surface area (Å²) >= 11 is 0. The van der Waals surface area contributed by atoms with E-state index in [9.17, 15) is 12.8 Å². The Morgan fingerprint density at radius 3 is 2.84 bits per heavy atom. The molecule has 0 saturated heterocycles. The fraction of sp³-hybridized carbons (Fsp3) is 0.500. The number of hydrogen-bond acceptors (Lipinski definition) is 5. The number of hydrogen-bond donors (Lipinski definition) is 0. The summed E-state index contributed by atoms with van der Waals surface area (Å²) in [4.78, 5) is 0. The van der Waals surface area contributed by atoms with Crippen LogP contribution in [0.4, 0.5) is 4.39 Å². The van der Waals surface area contributed by atoms with Crippen LogP contribution in [-0.4, -0.2) is 47.0 Å². The van der Waals surface area contributed by atoms with E-state index in [-0.39, 0.29) is 13.1 Å². The molecule has 0 radical (unpaired) electrons. The lowest BCUT2D eigenvalue weighted by atomic mass is 10.1. The number of rotatable bonds is 5. The van der Waals surface area contributed by atoms with Crippen molar-refractivity contribution in [2.24, 2.45) is 0 Å². The molecule has 0 atom stereocenters. The molecule has 1 aliphatic rings. The van der Waals surface area contributed by atoms with E-state index >= 15 is 0 Å². The molecule has 2 heterocycles. The molecule has 0 N–H and O–H groups in total. The standard InChI is InChI=1S/C16H21FN4O3S/c1-12-3-4-14(17)13(9-12)10-20(25(2,22)23)11-16-19-18-15-5-7-24-8-6-21(15)16/h3-4,9H,5-8,10-11H2,1-2H3. The Kier molecular flexibility index (Phi) is 5.16. The highest BCUT2D eigenvalue weighted by atomic mass is 32.2. The van der Waals surface area contributed by atoms with E-state index in [0.29, 0.717) is 37.6 Å². The predicted molar refractivity (Wildman–Crippen MR) is 89.8 cm³/mol. The van der Waals surface area contributed by atoms with Gasteiger partial charge in [-0.25, -0.2) is 12.8 Å². The van der Waals surface area contributed by atoms with E-state index in [0.717, 1.165) is 17.6 Å². The van der Waals surface area contributed by atoms with Gasteiger partial charge in [-0.3, -0.25) is 0 Å². The summed E-state index contributed by atoms with van der Waals surface area (Å²) < 4.78 is 47.0. The molecule has 0 fully saturated rings. The van der Waals surface area contributed by atoms with Gasteiger partial charge in [0.1, 0.15) is 17.5 Å². The van der Waals surface area contributed by atoms with Crippen molar-refractivity contribution >= 4 is 10.0 Å². The Bertz CT molecular complexity index is 866. The predicted octanol–water partition coefficient (Wildman–Crippen LogP) is 1.26. The molecule has 7 nitrogen and oxygen atoms in total. The van der Waals surface area contributed by atoms with E-state index in [2.05, 4.69) is 10.2 Å². The number of aryl methyl sites for hydroxylation is 1. The van der Waals surface area contributed by atoms with Gasteiger partial charge < -0.3 is 9.30 Å². The van der Waals surface area contributed by atoms with Crippen molar-refractivity contribution in [3.8, 4) is 0 Å². The lowest BCUT2D eigenvalue weighted by molar-refractivity contribution is 0.139. The van der Waals surface area contributed by atoms with Crippen molar-refractivity contribution < 1.29 is 17.5 Å². The first kappa shape index (κ1) is 18.0. The van der Waals surface area contributed by atoms with E-state index in [1.54, 1.807) is 12.1 Å². The summed E-state index contributed by atoms with van der Waals surface area (Å²) in [5.74, 6) is 0.898. The third-order valence-electron chi connectivity index (χ3n) is 4.17. The highest BCUT2D eigenvalue weighted by Gasteiger charge is 2.23. The normalized spacial score (nSPS) is 15.2. The second-order valence-corrected chi connectivity index (χ2v) is 8.15. The zero-order valence-corrected chi connectivity index (χ0v) is 15.1.